The first-order valence-electron chi connectivity index (χ1n) is 9.31. The van der Waals surface area contributed by atoms with E-state index in [9.17, 15) is 4.79 Å². The lowest BCUT2D eigenvalue weighted by molar-refractivity contribution is 0.0599. The van der Waals surface area contributed by atoms with E-state index in [0.717, 1.165) is 0 Å². The lowest BCUT2D eigenvalue weighted by atomic mass is 10.1. The standard InChI is InChI=1S/C19H19Cl2N7O2/c1-12-11-30-27(18-16(21)10-22-13(2)25-18)8-7-26(12)19(29)15-9-14(20)3-4-17(15)28-23-5-6-24-28/h3-6,9-10,12H,7-8,11H2,1-2H3/t12-/m1/s1. The number of amides is 1. The average Bonchev–Trinajstić information content (AvgIpc) is 3.19. The topological polar surface area (TPSA) is 89.3 Å². The van der Waals surface area contributed by atoms with Crippen molar-refractivity contribution in [1.82, 2.24) is 29.9 Å². The van der Waals surface area contributed by atoms with E-state index in [1.807, 2.05) is 6.92 Å². The van der Waals surface area contributed by atoms with Crippen LogP contribution in [0.1, 0.15) is 23.1 Å². The highest BCUT2D eigenvalue weighted by Crippen LogP contribution is 2.26. The third-order valence-corrected chi connectivity index (χ3v) is 5.22. The number of hydrogen-bond donors (Lipinski definition) is 0. The molecule has 3 aromatic rings. The second kappa shape index (κ2) is 8.55. The predicted octanol–water partition coefficient (Wildman–Crippen LogP) is 2.96. The Labute approximate surface area is 183 Å². The van der Waals surface area contributed by atoms with Crippen molar-refractivity contribution in [1.29, 1.82) is 0 Å². The molecule has 0 unspecified atom stereocenters. The van der Waals surface area contributed by atoms with Crippen LogP contribution in [0, 0.1) is 6.92 Å². The van der Waals surface area contributed by atoms with Crippen molar-refractivity contribution in [2.45, 2.75) is 19.9 Å². The summed E-state index contributed by atoms with van der Waals surface area (Å²) in [5.41, 5.74) is 0.966. The Bertz CT molecular complexity index is 1060. The van der Waals surface area contributed by atoms with Gasteiger partial charge >= 0.3 is 0 Å². The number of hydrogen-bond acceptors (Lipinski definition) is 7. The van der Waals surface area contributed by atoms with Crippen molar-refractivity contribution in [3.8, 4) is 5.69 Å². The molecule has 2 aromatic heterocycles. The Morgan fingerprint density at radius 1 is 1.20 bits per heavy atom. The van der Waals surface area contributed by atoms with Crippen molar-refractivity contribution in [3.63, 3.8) is 0 Å². The summed E-state index contributed by atoms with van der Waals surface area (Å²) in [6, 6.07) is 4.86. The maximum absolute atomic E-state index is 13.5. The van der Waals surface area contributed by atoms with Gasteiger partial charge in [0.05, 0.1) is 49.0 Å². The first kappa shape index (κ1) is 20.5. The molecular formula is C19H19Cl2N7O2. The highest BCUT2D eigenvalue weighted by Gasteiger charge is 2.30. The first-order valence-corrected chi connectivity index (χ1v) is 10.1. The molecule has 3 heterocycles. The van der Waals surface area contributed by atoms with Crippen LogP contribution >= 0.6 is 23.2 Å². The summed E-state index contributed by atoms with van der Waals surface area (Å²) in [7, 11) is 0. The zero-order valence-electron chi connectivity index (χ0n) is 16.4. The Hall–Kier alpha value is -2.75. The predicted molar refractivity (Wildman–Crippen MR) is 112 cm³/mol. The Morgan fingerprint density at radius 3 is 2.73 bits per heavy atom. The van der Waals surface area contributed by atoms with Crippen molar-refractivity contribution < 1.29 is 9.63 Å². The molecule has 0 radical (unpaired) electrons. The van der Waals surface area contributed by atoms with Gasteiger partial charge in [0.25, 0.3) is 5.91 Å². The first-order chi connectivity index (χ1) is 14.4. The largest absolute Gasteiger partial charge is 0.332 e. The Morgan fingerprint density at radius 2 is 1.97 bits per heavy atom. The molecule has 0 saturated carbocycles. The molecule has 0 N–H and O–H groups in total. The maximum atomic E-state index is 13.5. The summed E-state index contributed by atoms with van der Waals surface area (Å²) in [5, 5.41) is 10.7. The monoisotopic (exact) mass is 447 g/mol. The van der Waals surface area contributed by atoms with Crippen LogP contribution in [0.3, 0.4) is 0 Å². The van der Waals surface area contributed by atoms with Gasteiger partial charge in [-0.1, -0.05) is 23.2 Å². The van der Waals surface area contributed by atoms with E-state index >= 15 is 0 Å². The number of nitrogens with zero attached hydrogens (tertiary/aromatic N) is 7. The number of halogens is 2. The molecule has 4 rings (SSSR count). The van der Waals surface area contributed by atoms with Gasteiger partial charge in [-0.05, 0) is 32.0 Å². The second-order valence-electron chi connectivity index (χ2n) is 6.81. The fourth-order valence-electron chi connectivity index (χ4n) is 3.21. The molecule has 1 aliphatic rings. The fourth-order valence-corrected chi connectivity index (χ4v) is 3.56. The lowest BCUT2D eigenvalue weighted by Gasteiger charge is -2.26. The third kappa shape index (κ3) is 4.09. The van der Waals surface area contributed by atoms with E-state index in [-0.39, 0.29) is 18.6 Å². The molecule has 1 aliphatic heterocycles. The molecule has 156 valence electrons. The summed E-state index contributed by atoms with van der Waals surface area (Å²) < 4.78 is 0. The highest BCUT2D eigenvalue weighted by atomic mass is 35.5. The van der Waals surface area contributed by atoms with E-state index < -0.39 is 0 Å². The number of hydroxylamine groups is 1. The molecule has 1 fully saturated rings. The van der Waals surface area contributed by atoms with Crippen molar-refractivity contribution in [2.75, 3.05) is 24.8 Å². The second-order valence-corrected chi connectivity index (χ2v) is 7.66. The molecule has 1 amide bonds. The summed E-state index contributed by atoms with van der Waals surface area (Å²) in [4.78, 5) is 30.9. The molecule has 0 bridgehead atoms. The van der Waals surface area contributed by atoms with E-state index in [1.165, 1.54) is 11.0 Å². The minimum absolute atomic E-state index is 0.187. The maximum Gasteiger partial charge on any atom is 0.256 e. The van der Waals surface area contributed by atoms with Gasteiger partial charge in [0, 0.05) is 11.6 Å². The van der Waals surface area contributed by atoms with Crippen LogP contribution in [0.2, 0.25) is 10.0 Å². The smallest absolute Gasteiger partial charge is 0.256 e. The number of rotatable bonds is 3. The van der Waals surface area contributed by atoms with E-state index in [4.69, 9.17) is 28.0 Å². The number of carbonyl (C=O) groups is 1. The molecule has 11 heteroatoms. The third-order valence-electron chi connectivity index (χ3n) is 4.71. The molecule has 1 saturated heterocycles. The summed E-state index contributed by atoms with van der Waals surface area (Å²) in [5.74, 6) is 0.876. The van der Waals surface area contributed by atoms with E-state index in [1.54, 1.807) is 47.5 Å². The number of aromatic nitrogens is 5. The normalized spacial score (nSPS) is 17.1. The minimum Gasteiger partial charge on any atom is -0.332 e. The Kier molecular flexibility index (Phi) is 5.85. The van der Waals surface area contributed by atoms with E-state index in [0.29, 0.717) is 46.0 Å². The van der Waals surface area contributed by atoms with Crippen LogP contribution in [-0.4, -0.2) is 61.5 Å². The van der Waals surface area contributed by atoms with E-state index in [2.05, 4.69) is 20.2 Å². The molecular weight excluding hydrogens is 429 g/mol. The molecule has 0 aliphatic carbocycles. The number of anilines is 1. The van der Waals surface area contributed by atoms with Gasteiger partial charge in [-0.2, -0.15) is 15.0 Å². The summed E-state index contributed by atoms with van der Waals surface area (Å²) in [6.45, 7) is 4.77. The van der Waals surface area contributed by atoms with Gasteiger partial charge in [-0.3, -0.25) is 9.63 Å². The van der Waals surface area contributed by atoms with Gasteiger partial charge in [-0.25, -0.2) is 15.0 Å². The van der Waals surface area contributed by atoms with Crippen LogP contribution in [0.15, 0.2) is 36.8 Å². The fraction of sp³-hybridized carbons (Fsp3) is 0.316. The quantitative estimate of drug-likeness (QED) is 0.609. The SMILES string of the molecule is Cc1ncc(Cl)c(N2CCN(C(=O)c3cc(Cl)ccc3-n3nccn3)[C@H](C)CO2)n1. The molecule has 1 aromatic carbocycles. The van der Waals surface area contributed by atoms with Gasteiger partial charge in [0.15, 0.2) is 5.82 Å². The van der Waals surface area contributed by atoms with Crippen LogP contribution in [0.4, 0.5) is 5.82 Å². The number of carbonyl (C=O) groups excluding carboxylic acids is 1. The van der Waals surface area contributed by atoms with Gasteiger partial charge in [0.2, 0.25) is 0 Å². The van der Waals surface area contributed by atoms with Gasteiger partial charge in [0.1, 0.15) is 10.8 Å². The van der Waals surface area contributed by atoms with Crippen LogP contribution in [-0.2, 0) is 4.84 Å². The number of benzene rings is 1. The molecule has 1 atom stereocenters. The van der Waals surface area contributed by atoms with Crippen LogP contribution < -0.4 is 5.06 Å². The lowest BCUT2D eigenvalue weighted by Crippen LogP contribution is -2.41. The summed E-state index contributed by atoms with van der Waals surface area (Å²) in [6.07, 6.45) is 4.64. The zero-order chi connectivity index (χ0) is 21.3. The average molecular weight is 448 g/mol. The molecule has 0 spiro atoms. The van der Waals surface area contributed by atoms with Crippen LogP contribution in [0.5, 0.6) is 0 Å². The Balaban J connectivity index is 1.61. The van der Waals surface area contributed by atoms with Gasteiger partial charge < -0.3 is 4.90 Å². The zero-order valence-corrected chi connectivity index (χ0v) is 17.9. The molecule has 30 heavy (non-hydrogen) atoms. The van der Waals surface area contributed by atoms with Crippen molar-refractivity contribution in [2.24, 2.45) is 0 Å². The summed E-state index contributed by atoms with van der Waals surface area (Å²) >= 11 is 12.4. The molecule has 9 nitrogen and oxygen atoms in total. The minimum atomic E-state index is -0.193. The van der Waals surface area contributed by atoms with Crippen molar-refractivity contribution in [3.05, 3.63) is 58.2 Å². The number of aryl methyl sites for hydroxylation is 1. The van der Waals surface area contributed by atoms with Gasteiger partial charge in [-0.15, -0.1) is 0 Å². The van der Waals surface area contributed by atoms with Crippen LogP contribution in [0.25, 0.3) is 5.69 Å². The van der Waals surface area contributed by atoms with Crippen molar-refractivity contribution >= 4 is 34.9 Å². The highest BCUT2D eigenvalue weighted by molar-refractivity contribution is 6.32.